The van der Waals surface area contributed by atoms with Gasteiger partial charge in [-0.05, 0) is 52.1 Å². The topological polar surface area (TPSA) is 75.6 Å². The average Bonchev–Trinajstić information content (AvgIpc) is 3.02. The highest BCUT2D eigenvalue weighted by Gasteiger charge is 2.31. The summed E-state index contributed by atoms with van der Waals surface area (Å²) in [5, 5.41) is 0.373. The van der Waals surface area contributed by atoms with Crippen LogP contribution in [0.3, 0.4) is 0 Å². The highest BCUT2D eigenvalue weighted by molar-refractivity contribution is 6.29. The van der Waals surface area contributed by atoms with Gasteiger partial charge in [-0.1, -0.05) is 72.3 Å². The first-order chi connectivity index (χ1) is 19.9. The minimum absolute atomic E-state index is 0.158. The number of amides is 2. The fourth-order valence-electron chi connectivity index (χ4n) is 4.40. The second-order valence-corrected chi connectivity index (χ2v) is 9.99. The van der Waals surface area contributed by atoms with Crippen LogP contribution in [-0.2, 0) is 27.3 Å². The second kappa shape index (κ2) is 14.9. The van der Waals surface area contributed by atoms with Crippen LogP contribution < -0.4 is 0 Å². The lowest BCUT2D eigenvalue weighted by Gasteiger charge is -2.33. The molecule has 210 valence electrons. The van der Waals surface area contributed by atoms with E-state index in [1.807, 2.05) is 66.7 Å². The third-order valence-electron chi connectivity index (χ3n) is 6.71. The standard InChI is InChI=1S/C33H33ClN4O3/c1-37(20-21-41-2)33(40)30(22-25-6-4-3-5-7-25)38(32(39)15-11-26-10-14-31(34)36-23-26)24-27-8-12-28(13-9-27)29-16-18-35-19-17-29/h3-19,23,30H,20-22,24H2,1-2H3/b15-11+/t30-/m0/s1. The third kappa shape index (κ3) is 8.58. The maximum Gasteiger partial charge on any atom is 0.247 e. The summed E-state index contributed by atoms with van der Waals surface area (Å²) in [4.78, 5) is 39.1. The minimum Gasteiger partial charge on any atom is -0.383 e. The van der Waals surface area contributed by atoms with E-state index in [1.165, 1.54) is 6.08 Å². The Kier molecular flexibility index (Phi) is 10.8. The zero-order valence-electron chi connectivity index (χ0n) is 23.2. The van der Waals surface area contributed by atoms with Crippen LogP contribution in [0.4, 0.5) is 0 Å². The molecule has 0 bridgehead atoms. The number of hydrogen-bond donors (Lipinski definition) is 0. The predicted molar refractivity (Wildman–Crippen MR) is 162 cm³/mol. The number of benzene rings is 2. The normalized spacial score (nSPS) is 11.8. The Hall–Kier alpha value is -4.33. The van der Waals surface area contributed by atoms with Gasteiger partial charge in [0.2, 0.25) is 11.8 Å². The van der Waals surface area contributed by atoms with Gasteiger partial charge >= 0.3 is 0 Å². The van der Waals surface area contributed by atoms with Crippen molar-refractivity contribution >= 4 is 29.5 Å². The molecule has 0 aliphatic heterocycles. The molecule has 7 nitrogen and oxygen atoms in total. The van der Waals surface area contributed by atoms with Crippen LogP contribution in [-0.4, -0.2) is 64.9 Å². The Morgan fingerprint density at radius 2 is 1.63 bits per heavy atom. The Morgan fingerprint density at radius 1 is 0.927 bits per heavy atom. The Bertz CT molecular complexity index is 1430. The van der Waals surface area contributed by atoms with E-state index in [2.05, 4.69) is 9.97 Å². The number of nitrogens with zero attached hydrogens (tertiary/aromatic N) is 4. The summed E-state index contributed by atoms with van der Waals surface area (Å²) in [6.45, 7) is 1.06. The van der Waals surface area contributed by atoms with Gasteiger partial charge < -0.3 is 14.5 Å². The summed E-state index contributed by atoms with van der Waals surface area (Å²) in [6.07, 6.45) is 8.65. The van der Waals surface area contributed by atoms with E-state index in [0.717, 1.165) is 27.8 Å². The quantitative estimate of drug-likeness (QED) is 0.165. The zero-order valence-corrected chi connectivity index (χ0v) is 23.9. The molecule has 0 saturated carbocycles. The first-order valence-corrected chi connectivity index (χ1v) is 13.7. The van der Waals surface area contributed by atoms with Crippen LogP contribution >= 0.6 is 11.6 Å². The van der Waals surface area contributed by atoms with Crippen molar-refractivity contribution in [1.29, 1.82) is 0 Å². The number of rotatable bonds is 12. The summed E-state index contributed by atoms with van der Waals surface area (Å²) >= 11 is 5.92. The molecule has 0 unspecified atom stereocenters. The van der Waals surface area contributed by atoms with Gasteiger partial charge in [-0.25, -0.2) is 4.98 Å². The van der Waals surface area contributed by atoms with Gasteiger partial charge in [0.15, 0.2) is 0 Å². The molecule has 1 atom stereocenters. The summed E-state index contributed by atoms with van der Waals surface area (Å²) in [5.74, 6) is -0.443. The van der Waals surface area contributed by atoms with Crippen LogP contribution in [0.15, 0.2) is 104 Å². The van der Waals surface area contributed by atoms with Gasteiger partial charge in [0.25, 0.3) is 0 Å². The lowest BCUT2D eigenvalue weighted by atomic mass is 10.0. The first kappa shape index (κ1) is 29.6. The first-order valence-electron chi connectivity index (χ1n) is 13.3. The third-order valence-corrected chi connectivity index (χ3v) is 6.94. The summed E-state index contributed by atoms with van der Waals surface area (Å²) in [6, 6.07) is 24.4. The van der Waals surface area contributed by atoms with Crippen molar-refractivity contribution in [3.63, 3.8) is 0 Å². The largest absolute Gasteiger partial charge is 0.383 e. The van der Waals surface area contributed by atoms with Crippen LogP contribution in [0.2, 0.25) is 5.15 Å². The van der Waals surface area contributed by atoms with E-state index in [-0.39, 0.29) is 18.4 Å². The Labute approximate surface area is 246 Å². The number of halogens is 1. The Morgan fingerprint density at radius 3 is 2.29 bits per heavy atom. The van der Waals surface area contributed by atoms with Crippen LogP contribution in [0.25, 0.3) is 17.2 Å². The number of hydrogen-bond acceptors (Lipinski definition) is 5. The van der Waals surface area contributed by atoms with Crippen LogP contribution in [0.5, 0.6) is 0 Å². The highest BCUT2D eigenvalue weighted by Crippen LogP contribution is 2.22. The van der Waals surface area contributed by atoms with Crippen LogP contribution in [0, 0.1) is 0 Å². The van der Waals surface area contributed by atoms with Crippen molar-refractivity contribution in [2.75, 3.05) is 27.3 Å². The number of ether oxygens (including phenoxy) is 1. The SMILES string of the molecule is COCCN(C)C(=O)[C@H](Cc1ccccc1)N(Cc1ccc(-c2ccncc2)cc1)C(=O)/C=C/c1ccc(Cl)nc1. The zero-order chi connectivity index (χ0) is 29.0. The maximum atomic E-state index is 13.9. The fraction of sp³-hybridized carbons (Fsp3) is 0.212. The molecule has 4 aromatic rings. The van der Waals surface area contributed by atoms with E-state index in [0.29, 0.717) is 24.7 Å². The molecule has 0 N–H and O–H groups in total. The molecule has 41 heavy (non-hydrogen) atoms. The molecule has 0 aliphatic rings. The lowest BCUT2D eigenvalue weighted by molar-refractivity contribution is -0.143. The highest BCUT2D eigenvalue weighted by atomic mass is 35.5. The number of pyridine rings is 2. The summed E-state index contributed by atoms with van der Waals surface area (Å²) in [5.41, 5.74) is 4.69. The number of carbonyl (C=O) groups excluding carboxylic acids is 2. The van der Waals surface area contributed by atoms with Crippen molar-refractivity contribution < 1.29 is 14.3 Å². The maximum absolute atomic E-state index is 13.9. The van der Waals surface area contributed by atoms with E-state index in [9.17, 15) is 9.59 Å². The molecule has 2 aromatic carbocycles. The molecule has 8 heteroatoms. The molecule has 0 radical (unpaired) electrons. The summed E-state index contributed by atoms with van der Waals surface area (Å²) < 4.78 is 5.20. The molecule has 0 spiro atoms. The van der Waals surface area contributed by atoms with Gasteiger partial charge in [-0.2, -0.15) is 0 Å². The van der Waals surface area contributed by atoms with Crippen molar-refractivity contribution in [2.24, 2.45) is 0 Å². The second-order valence-electron chi connectivity index (χ2n) is 9.60. The number of methoxy groups -OCH3 is 1. The lowest BCUT2D eigenvalue weighted by Crippen LogP contribution is -2.51. The molecule has 2 aromatic heterocycles. The molecule has 4 rings (SSSR count). The molecule has 0 aliphatic carbocycles. The van der Waals surface area contributed by atoms with Gasteiger partial charge in [0.1, 0.15) is 11.2 Å². The minimum atomic E-state index is -0.736. The number of likely N-dealkylation sites (N-methyl/N-ethyl adjacent to an activating group) is 1. The average molecular weight is 569 g/mol. The Balaban J connectivity index is 1.68. The molecule has 2 amide bonds. The molecule has 2 heterocycles. The van der Waals surface area contributed by atoms with Gasteiger partial charge in [0.05, 0.1) is 6.61 Å². The smallest absolute Gasteiger partial charge is 0.247 e. The molecular formula is C33H33ClN4O3. The van der Waals surface area contributed by atoms with Gasteiger partial charge in [0, 0.05) is 58.3 Å². The number of carbonyl (C=O) groups is 2. The van der Waals surface area contributed by atoms with E-state index in [1.54, 1.807) is 60.8 Å². The van der Waals surface area contributed by atoms with Gasteiger partial charge in [-0.15, -0.1) is 0 Å². The van der Waals surface area contributed by atoms with Crippen LogP contribution in [0.1, 0.15) is 16.7 Å². The van der Waals surface area contributed by atoms with Crippen molar-refractivity contribution in [3.8, 4) is 11.1 Å². The van der Waals surface area contributed by atoms with Crippen molar-refractivity contribution in [2.45, 2.75) is 19.0 Å². The van der Waals surface area contributed by atoms with Gasteiger partial charge in [-0.3, -0.25) is 14.6 Å². The van der Waals surface area contributed by atoms with Crippen molar-refractivity contribution in [3.05, 3.63) is 125 Å². The van der Waals surface area contributed by atoms with E-state index < -0.39 is 6.04 Å². The fourth-order valence-corrected chi connectivity index (χ4v) is 4.51. The van der Waals surface area contributed by atoms with E-state index in [4.69, 9.17) is 16.3 Å². The van der Waals surface area contributed by atoms with E-state index >= 15 is 0 Å². The number of aromatic nitrogens is 2. The molecule has 0 saturated heterocycles. The predicted octanol–water partition coefficient (Wildman–Crippen LogP) is 5.56. The molecule has 0 fully saturated rings. The summed E-state index contributed by atoms with van der Waals surface area (Å²) in [7, 11) is 3.34. The molecular weight excluding hydrogens is 536 g/mol. The van der Waals surface area contributed by atoms with Crippen molar-refractivity contribution in [1.82, 2.24) is 19.8 Å². The monoisotopic (exact) mass is 568 g/mol.